The average Bonchev–Trinajstić information content (AvgIpc) is 2.08. The van der Waals surface area contributed by atoms with Gasteiger partial charge >= 0.3 is 6.36 Å². The zero-order valence-electron chi connectivity index (χ0n) is 7.24. The molecule has 0 aliphatic heterocycles. The molecule has 2 N–H and O–H groups in total. The molecular formula is C8H6ClF4NO. The van der Waals surface area contributed by atoms with E-state index in [0.717, 1.165) is 12.1 Å². The van der Waals surface area contributed by atoms with E-state index < -0.39 is 17.9 Å². The molecule has 0 aromatic heterocycles. The fourth-order valence-corrected chi connectivity index (χ4v) is 1.17. The van der Waals surface area contributed by atoms with Gasteiger partial charge in [0.1, 0.15) is 0 Å². The van der Waals surface area contributed by atoms with Crippen LogP contribution < -0.4 is 10.5 Å². The number of halogens is 5. The van der Waals surface area contributed by atoms with Gasteiger partial charge in [-0.15, -0.1) is 24.8 Å². The second-order valence-electron chi connectivity index (χ2n) is 2.67. The van der Waals surface area contributed by atoms with Gasteiger partial charge in [0.05, 0.1) is 5.88 Å². The van der Waals surface area contributed by atoms with E-state index in [0.29, 0.717) is 0 Å². The van der Waals surface area contributed by atoms with Crippen molar-refractivity contribution in [3.05, 3.63) is 23.5 Å². The Hall–Kier alpha value is -1.17. The molecule has 0 spiro atoms. The number of ether oxygens (including phenoxy) is 1. The van der Waals surface area contributed by atoms with Crippen LogP contribution in [-0.4, -0.2) is 6.36 Å². The molecule has 0 fully saturated rings. The van der Waals surface area contributed by atoms with Gasteiger partial charge in [0, 0.05) is 17.3 Å². The van der Waals surface area contributed by atoms with Crippen molar-refractivity contribution in [3.8, 4) is 5.75 Å². The van der Waals surface area contributed by atoms with Gasteiger partial charge in [-0.05, 0) is 6.07 Å². The van der Waals surface area contributed by atoms with Crippen molar-refractivity contribution in [1.29, 1.82) is 0 Å². The van der Waals surface area contributed by atoms with Crippen molar-refractivity contribution in [2.24, 2.45) is 0 Å². The van der Waals surface area contributed by atoms with Crippen molar-refractivity contribution in [3.63, 3.8) is 0 Å². The Balaban J connectivity index is 3.12. The van der Waals surface area contributed by atoms with E-state index in [9.17, 15) is 17.6 Å². The molecule has 0 amide bonds. The van der Waals surface area contributed by atoms with E-state index in [4.69, 9.17) is 17.3 Å². The van der Waals surface area contributed by atoms with Crippen LogP contribution in [0.4, 0.5) is 23.2 Å². The molecule has 0 saturated carbocycles. The first-order valence-corrected chi connectivity index (χ1v) is 4.26. The lowest BCUT2D eigenvalue weighted by Crippen LogP contribution is -2.18. The van der Waals surface area contributed by atoms with E-state index in [2.05, 4.69) is 4.74 Å². The Bertz CT molecular complexity index is 366. The predicted octanol–water partition coefficient (Wildman–Crippen LogP) is 3.05. The maximum Gasteiger partial charge on any atom is 0.573 e. The summed E-state index contributed by atoms with van der Waals surface area (Å²) in [5.41, 5.74) is 5.06. The number of benzene rings is 1. The average molecular weight is 244 g/mol. The summed E-state index contributed by atoms with van der Waals surface area (Å²) in [4.78, 5) is 0. The predicted molar refractivity (Wildman–Crippen MR) is 47.1 cm³/mol. The molecule has 0 unspecified atom stereocenters. The highest BCUT2D eigenvalue weighted by molar-refractivity contribution is 6.17. The summed E-state index contributed by atoms with van der Waals surface area (Å²) in [7, 11) is 0. The van der Waals surface area contributed by atoms with Crippen molar-refractivity contribution in [2.45, 2.75) is 12.2 Å². The molecule has 0 radical (unpaired) electrons. The van der Waals surface area contributed by atoms with Gasteiger partial charge in [-0.25, -0.2) is 4.39 Å². The first kappa shape index (κ1) is 11.9. The fraction of sp³-hybridized carbons (Fsp3) is 0.250. The minimum atomic E-state index is -4.96. The van der Waals surface area contributed by atoms with Gasteiger partial charge in [-0.3, -0.25) is 0 Å². The standard InChI is InChI=1S/C8H6ClF4NO/c9-3-4-1-5(14)2-6(7(4)10)15-8(11,12)13/h1-2H,3,14H2. The third-order valence-corrected chi connectivity index (χ3v) is 1.79. The van der Waals surface area contributed by atoms with Crippen LogP contribution in [0, 0.1) is 5.82 Å². The molecule has 84 valence electrons. The lowest BCUT2D eigenvalue weighted by molar-refractivity contribution is -0.275. The summed E-state index contributed by atoms with van der Waals surface area (Å²) < 4.78 is 52.1. The molecule has 0 aliphatic carbocycles. The summed E-state index contributed by atoms with van der Waals surface area (Å²) in [6.45, 7) is 0. The minimum Gasteiger partial charge on any atom is -0.403 e. The van der Waals surface area contributed by atoms with E-state index in [1.54, 1.807) is 0 Å². The monoisotopic (exact) mass is 243 g/mol. The topological polar surface area (TPSA) is 35.2 Å². The van der Waals surface area contributed by atoms with Gasteiger partial charge in [0.25, 0.3) is 0 Å². The molecule has 1 rings (SSSR count). The first-order valence-electron chi connectivity index (χ1n) is 3.73. The Morgan fingerprint density at radius 3 is 2.40 bits per heavy atom. The number of rotatable bonds is 2. The van der Waals surface area contributed by atoms with Crippen LogP contribution in [0.1, 0.15) is 5.56 Å². The van der Waals surface area contributed by atoms with Gasteiger partial charge in [0.15, 0.2) is 11.6 Å². The fourth-order valence-electron chi connectivity index (χ4n) is 0.975. The van der Waals surface area contributed by atoms with Crippen LogP contribution in [0.5, 0.6) is 5.75 Å². The van der Waals surface area contributed by atoms with E-state index in [1.807, 2.05) is 0 Å². The second-order valence-corrected chi connectivity index (χ2v) is 2.94. The molecule has 1 aromatic carbocycles. The molecule has 7 heteroatoms. The number of anilines is 1. The SMILES string of the molecule is Nc1cc(CCl)c(F)c(OC(F)(F)F)c1. The molecule has 0 saturated heterocycles. The third kappa shape index (κ3) is 3.16. The lowest BCUT2D eigenvalue weighted by atomic mass is 10.2. The summed E-state index contributed by atoms with van der Waals surface area (Å²) >= 11 is 5.32. The zero-order chi connectivity index (χ0) is 11.6. The van der Waals surface area contributed by atoms with Crippen LogP contribution in [0.2, 0.25) is 0 Å². The number of alkyl halides is 4. The summed E-state index contributed by atoms with van der Waals surface area (Å²) in [5.74, 6) is -2.42. The van der Waals surface area contributed by atoms with Gasteiger partial charge in [-0.1, -0.05) is 0 Å². The largest absolute Gasteiger partial charge is 0.573 e. The minimum absolute atomic E-state index is 0.0497. The normalized spacial score (nSPS) is 11.5. The zero-order valence-corrected chi connectivity index (χ0v) is 7.99. The highest BCUT2D eigenvalue weighted by atomic mass is 35.5. The van der Waals surface area contributed by atoms with Gasteiger partial charge in [-0.2, -0.15) is 0 Å². The Kier molecular flexibility index (Phi) is 3.28. The van der Waals surface area contributed by atoms with E-state index in [-0.39, 0.29) is 17.1 Å². The molecule has 0 bridgehead atoms. The summed E-state index contributed by atoms with van der Waals surface area (Å²) in [6, 6.07) is 1.89. The summed E-state index contributed by atoms with van der Waals surface area (Å²) in [6.07, 6.45) is -4.96. The molecule has 1 aromatic rings. The van der Waals surface area contributed by atoms with Crippen molar-refractivity contribution >= 4 is 17.3 Å². The lowest BCUT2D eigenvalue weighted by Gasteiger charge is -2.11. The Morgan fingerprint density at radius 2 is 1.93 bits per heavy atom. The molecule has 0 heterocycles. The first-order chi connectivity index (χ1) is 6.83. The second kappa shape index (κ2) is 4.14. The smallest absolute Gasteiger partial charge is 0.403 e. The molecule has 0 atom stereocenters. The number of nitrogen functional groups attached to an aromatic ring is 1. The van der Waals surface area contributed by atoms with Gasteiger partial charge in [0.2, 0.25) is 0 Å². The van der Waals surface area contributed by atoms with Crippen LogP contribution in [0.15, 0.2) is 12.1 Å². The van der Waals surface area contributed by atoms with E-state index in [1.165, 1.54) is 0 Å². The Labute approximate surface area is 87.6 Å². The highest BCUT2D eigenvalue weighted by Gasteiger charge is 2.32. The molecule has 15 heavy (non-hydrogen) atoms. The van der Waals surface area contributed by atoms with Gasteiger partial charge < -0.3 is 10.5 Å². The third-order valence-electron chi connectivity index (χ3n) is 1.51. The molecule has 0 aliphatic rings. The quantitative estimate of drug-likeness (QED) is 0.492. The van der Waals surface area contributed by atoms with Crippen molar-refractivity contribution in [1.82, 2.24) is 0 Å². The number of hydrogen-bond acceptors (Lipinski definition) is 2. The molecular weight excluding hydrogens is 238 g/mol. The van der Waals surface area contributed by atoms with Crippen LogP contribution in [0.25, 0.3) is 0 Å². The maximum atomic E-state index is 13.2. The van der Waals surface area contributed by atoms with Crippen LogP contribution in [0.3, 0.4) is 0 Å². The maximum absolute atomic E-state index is 13.2. The highest BCUT2D eigenvalue weighted by Crippen LogP contribution is 2.30. The van der Waals surface area contributed by atoms with E-state index >= 15 is 0 Å². The number of hydrogen-bond donors (Lipinski definition) is 1. The summed E-state index contributed by atoms with van der Waals surface area (Å²) in [5, 5.41) is 0. The van der Waals surface area contributed by atoms with Crippen LogP contribution in [-0.2, 0) is 5.88 Å². The Morgan fingerprint density at radius 1 is 1.33 bits per heavy atom. The van der Waals surface area contributed by atoms with Crippen molar-refractivity contribution in [2.75, 3.05) is 5.73 Å². The molecule has 2 nitrogen and oxygen atoms in total. The van der Waals surface area contributed by atoms with Crippen LogP contribution >= 0.6 is 11.6 Å². The van der Waals surface area contributed by atoms with Crippen molar-refractivity contribution < 1.29 is 22.3 Å². The number of nitrogens with two attached hydrogens (primary N) is 1.